The quantitative estimate of drug-likeness (QED) is 0.688. The van der Waals surface area contributed by atoms with E-state index in [9.17, 15) is 0 Å². The number of hydrogen-bond donors (Lipinski definition) is 0. The summed E-state index contributed by atoms with van der Waals surface area (Å²) in [6.45, 7) is 4.47. The van der Waals surface area contributed by atoms with Gasteiger partial charge in [0, 0.05) is 5.56 Å². The van der Waals surface area contributed by atoms with E-state index in [0.29, 0.717) is 6.61 Å². The third-order valence-corrected chi connectivity index (χ3v) is 2.74. The summed E-state index contributed by atoms with van der Waals surface area (Å²) < 4.78 is 11.2. The fraction of sp³-hybridized carbons (Fsp3) is 0.538. The molecular weight excluding hydrogens is 188 g/mol. The van der Waals surface area contributed by atoms with Gasteiger partial charge in [-0.3, -0.25) is 0 Å². The van der Waals surface area contributed by atoms with E-state index in [1.54, 1.807) is 0 Å². The van der Waals surface area contributed by atoms with Crippen molar-refractivity contribution in [2.24, 2.45) is 0 Å². The van der Waals surface area contributed by atoms with Crippen LogP contribution in [0, 0.1) is 0 Å². The Morgan fingerprint density at radius 3 is 3.07 bits per heavy atom. The molecule has 0 fully saturated rings. The molecule has 0 unspecified atom stereocenters. The second-order valence-corrected chi connectivity index (χ2v) is 3.94. The van der Waals surface area contributed by atoms with Crippen LogP contribution < -0.4 is 4.74 Å². The Labute approximate surface area is 91.2 Å². The standard InChI is InChI=1S/C13H18O2/c1-2-3-4-8-15-13-7-5-6-11-9-14-10-12(11)13/h5-7H,2-4,8-10H2,1H3. The Hall–Kier alpha value is -1.02. The molecule has 0 amide bonds. The minimum atomic E-state index is 0.708. The molecule has 0 radical (unpaired) electrons. The molecule has 1 aromatic carbocycles. The van der Waals surface area contributed by atoms with Gasteiger partial charge in [0.15, 0.2) is 0 Å². The maximum absolute atomic E-state index is 5.77. The molecule has 0 saturated carbocycles. The van der Waals surface area contributed by atoms with Crippen LogP contribution in [0.2, 0.25) is 0 Å². The van der Waals surface area contributed by atoms with E-state index in [1.807, 2.05) is 12.1 Å². The summed E-state index contributed by atoms with van der Waals surface area (Å²) in [6.07, 6.45) is 3.62. The Balaban J connectivity index is 1.94. The van der Waals surface area contributed by atoms with Gasteiger partial charge in [-0.25, -0.2) is 0 Å². The average molecular weight is 206 g/mol. The van der Waals surface area contributed by atoms with Crippen molar-refractivity contribution in [2.45, 2.75) is 39.4 Å². The van der Waals surface area contributed by atoms with Crippen LogP contribution in [0.4, 0.5) is 0 Å². The predicted molar refractivity (Wildman–Crippen MR) is 60.0 cm³/mol. The van der Waals surface area contributed by atoms with Gasteiger partial charge in [0.1, 0.15) is 5.75 Å². The van der Waals surface area contributed by atoms with Gasteiger partial charge in [0.05, 0.1) is 19.8 Å². The molecule has 0 saturated heterocycles. The molecule has 0 spiro atoms. The summed E-state index contributed by atoms with van der Waals surface area (Å²) in [6, 6.07) is 6.20. The van der Waals surface area contributed by atoms with Gasteiger partial charge < -0.3 is 9.47 Å². The zero-order valence-corrected chi connectivity index (χ0v) is 9.29. The SMILES string of the molecule is CCCCCOc1cccc2c1COC2. The second kappa shape index (κ2) is 5.17. The Bertz CT molecular complexity index is 320. The van der Waals surface area contributed by atoms with E-state index >= 15 is 0 Å². The first-order valence-corrected chi connectivity index (χ1v) is 5.73. The smallest absolute Gasteiger partial charge is 0.125 e. The van der Waals surface area contributed by atoms with Gasteiger partial charge in [0.2, 0.25) is 0 Å². The van der Waals surface area contributed by atoms with Crippen molar-refractivity contribution in [2.75, 3.05) is 6.61 Å². The van der Waals surface area contributed by atoms with Gasteiger partial charge >= 0.3 is 0 Å². The molecule has 2 heteroatoms. The first kappa shape index (κ1) is 10.5. The number of ether oxygens (including phenoxy) is 2. The highest BCUT2D eigenvalue weighted by Gasteiger charge is 2.15. The summed E-state index contributed by atoms with van der Waals surface area (Å²) in [7, 11) is 0. The Morgan fingerprint density at radius 2 is 2.20 bits per heavy atom. The molecular formula is C13H18O2. The van der Waals surface area contributed by atoms with Crippen molar-refractivity contribution in [1.29, 1.82) is 0 Å². The van der Waals surface area contributed by atoms with Crippen LogP contribution in [0.1, 0.15) is 37.3 Å². The molecule has 15 heavy (non-hydrogen) atoms. The van der Waals surface area contributed by atoms with Crippen molar-refractivity contribution < 1.29 is 9.47 Å². The highest BCUT2D eigenvalue weighted by molar-refractivity contribution is 5.41. The van der Waals surface area contributed by atoms with Crippen molar-refractivity contribution in [1.82, 2.24) is 0 Å². The molecule has 2 nitrogen and oxygen atoms in total. The van der Waals surface area contributed by atoms with Crippen LogP contribution >= 0.6 is 0 Å². The Morgan fingerprint density at radius 1 is 1.27 bits per heavy atom. The zero-order chi connectivity index (χ0) is 10.5. The third-order valence-electron chi connectivity index (χ3n) is 2.74. The van der Waals surface area contributed by atoms with Crippen LogP contribution in [0.15, 0.2) is 18.2 Å². The fourth-order valence-electron chi connectivity index (χ4n) is 1.84. The first-order valence-electron chi connectivity index (χ1n) is 5.73. The number of benzene rings is 1. The lowest BCUT2D eigenvalue weighted by molar-refractivity contribution is 0.133. The number of fused-ring (bicyclic) bond motifs is 1. The molecule has 0 atom stereocenters. The van der Waals surface area contributed by atoms with E-state index in [-0.39, 0.29) is 0 Å². The van der Waals surface area contributed by atoms with Crippen LogP contribution in [-0.4, -0.2) is 6.61 Å². The maximum Gasteiger partial charge on any atom is 0.125 e. The number of unbranched alkanes of at least 4 members (excludes halogenated alkanes) is 2. The van der Waals surface area contributed by atoms with E-state index in [0.717, 1.165) is 25.4 Å². The minimum Gasteiger partial charge on any atom is -0.493 e. The topological polar surface area (TPSA) is 18.5 Å². The largest absolute Gasteiger partial charge is 0.493 e. The van der Waals surface area contributed by atoms with E-state index in [4.69, 9.17) is 9.47 Å². The summed E-state index contributed by atoms with van der Waals surface area (Å²) >= 11 is 0. The first-order chi connectivity index (χ1) is 7.42. The molecule has 0 aliphatic carbocycles. The second-order valence-electron chi connectivity index (χ2n) is 3.94. The molecule has 0 N–H and O–H groups in total. The van der Waals surface area contributed by atoms with Crippen molar-refractivity contribution in [3.8, 4) is 5.75 Å². The van der Waals surface area contributed by atoms with Crippen LogP contribution in [-0.2, 0) is 18.0 Å². The molecule has 1 aliphatic heterocycles. The predicted octanol–water partition coefficient (Wildman–Crippen LogP) is 3.29. The fourth-order valence-corrected chi connectivity index (χ4v) is 1.84. The zero-order valence-electron chi connectivity index (χ0n) is 9.29. The summed E-state index contributed by atoms with van der Waals surface area (Å²) in [5.74, 6) is 1.01. The normalized spacial score (nSPS) is 13.9. The van der Waals surface area contributed by atoms with Crippen molar-refractivity contribution in [3.05, 3.63) is 29.3 Å². The van der Waals surface area contributed by atoms with Crippen LogP contribution in [0.3, 0.4) is 0 Å². The van der Waals surface area contributed by atoms with Gasteiger partial charge in [-0.1, -0.05) is 31.9 Å². The van der Waals surface area contributed by atoms with Gasteiger partial charge in [-0.05, 0) is 18.1 Å². The molecule has 1 aliphatic rings. The average Bonchev–Trinajstić information content (AvgIpc) is 2.73. The van der Waals surface area contributed by atoms with E-state index < -0.39 is 0 Å². The van der Waals surface area contributed by atoms with Gasteiger partial charge in [-0.15, -0.1) is 0 Å². The molecule has 2 rings (SSSR count). The third kappa shape index (κ3) is 2.51. The van der Waals surface area contributed by atoms with E-state index in [2.05, 4.69) is 13.0 Å². The lowest BCUT2D eigenvalue weighted by atomic mass is 10.1. The molecule has 1 aromatic rings. The maximum atomic E-state index is 5.77. The highest BCUT2D eigenvalue weighted by atomic mass is 16.5. The Kier molecular flexibility index (Phi) is 3.62. The van der Waals surface area contributed by atoms with Crippen molar-refractivity contribution >= 4 is 0 Å². The summed E-state index contributed by atoms with van der Waals surface area (Å²) in [4.78, 5) is 0. The van der Waals surface area contributed by atoms with Gasteiger partial charge in [-0.2, -0.15) is 0 Å². The lowest BCUT2D eigenvalue weighted by Gasteiger charge is -2.09. The molecule has 1 heterocycles. The number of hydrogen-bond acceptors (Lipinski definition) is 2. The minimum absolute atomic E-state index is 0.708. The van der Waals surface area contributed by atoms with Crippen LogP contribution in [0.25, 0.3) is 0 Å². The monoisotopic (exact) mass is 206 g/mol. The highest BCUT2D eigenvalue weighted by Crippen LogP contribution is 2.28. The van der Waals surface area contributed by atoms with Crippen molar-refractivity contribution in [3.63, 3.8) is 0 Å². The summed E-state index contributed by atoms with van der Waals surface area (Å²) in [5, 5.41) is 0. The van der Waals surface area contributed by atoms with E-state index in [1.165, 1.54) is 24.0 Å². The number of rotatable bonds is 5. The molecule has 0 aromatic heterocycles. The summed E-state index contributed by atoms with van der Waals surface area (Å²) in [5.41, 5.74) is 2.52. The molecule has 0 bridgehead atoms. The molecule has 82 valence electrons. The van der Waals surface area contributed by atoms with Gasteiger partial charge in [0.25, 0.3) is 0 Å². The lowest BCUT2D eigenvalue weighted by Crippen LogP contribution is -1.99. The van der Waals surface area contributed by atoms with Crippen LogP contribution in [0.5, 0.6) is 5.75 Å².